The van der Waals surface area contributed by atoms with Gasteiger partial charge in [0, 0.05) is 30.7 Å². The average Bonchev–Trinajstić information content (AvgIpc) is 2.93. The van der Waals surface area contributed by atoms with Crippen molar-refractivity contribution in [3.05, 3.63) is 17.2 Å². The molecule has 2 aliphatic heterocycles. The third-order valence-electron chi connectivity index (χ3n) is 3.69. The minimum atomic E-state index is 0.322. The summed E-state index contributed by atoms with van der Waals surface area (Å²) in [7, 11) is 0. The van der Waals surface area contributed by atoms with Crippen LogP contribution in [-0.4, -0.2) is 32.5 Å². The molecule has 0 amide bonds. The maximum Gasteiger partial charge on any atom is 0.163 e. The van der Waals surface area contributed by atoms with Crippen LogP contribution >= 0.6 is 11.6 Å². The van der Waals surface area contributed by atoms with Crippen molar-refractivity contribution in [1.82, 2.24) is 0 Å². The first-order chi connectivity index (χ1) is 9.24. The summed E-state index contributed by atoms with van der Waals surface area (Å²) in [6.07, 6.45) is 1.09. The van der Waals surface area contributed by atoms with E-state index in [4.69, 9.17) is 25.8 Å². The molecule has 104 valence electrons. The molecular weight excluding hydrogens is 266 g/mol. The molecule has 19 heavy (non-hydrogen) atoms. The lowest BCUT2D eigenvalue weighted by Gasteiger charge is -2.24. The van der Waals surface area contributed by atoms with Crippen LogP contribution < -0.4 is 14.8 Å². The Kier molecular flexibility index (Phi) is 3.71. The fourth-order valence-electron chi connectivity index (χ4n) is 2.48. The largest absolute Gasteiger partial charge is 0.486 e. The van der Waals surface area contributed by atoms with Gasteiger partial charge in [0.1, 0.15) is 13.2 Å². The Bertz CT molecular complexity index is 460. The summed E-state index contributed by atoms with van der Waals surface area (Å²) in [5.41, 5.74) is 0.894. The Balaban J connectivity index is 1.76. The fourth-order valence-corrected chi connectivity index (χ4v) is 2.69. The van der Waals surface area contributed by atoms with Crippen LogP contribution in [0.4, 0.5) is 5.69 Å². The van der Waals surface area contributed by atoms with Crippen molar-refractivity contribution in [2.75, 3.05) is 31.7 Å². The first-order valence-corrected chi connectivity index (χ1v) is 7.05. The highest BCUT2D eigenvalue weighted by Crippen LogP contribution is 2.38. The second kappa shape index (κ2) is 5.47. The first-order valence-electron chi connectivity index (χ1n) is 6.67. The van der Waals surface area contributed by atoms with Crippen molar-refractivity contribution in [3.63, 3.8) is 0 Å². The summed E-state index contributed by atoms with van der Waals surface area (Å²) in [6, 6.07) is 4.06. The number of hydrogen-bond acceptors (Lipinski definition) is 4. The molecule has 5 heteroatoms. The van der Waals surface area contributed by atoms with Gasteiger partial charge in [-0.25, -0.2) is 0 Å². The van der Waals surface area contributed by atoms with Crippen molar-refractivity contribution in [1.29, 1.82) is 0 Å². The molecule has 1 saturated heterocycles. The molecule has 1 aromatic rings. The number of benzene rings is 1. The smallest absolute Gasteiger partial charge is 0.163 e. The third kappa shape index (κ3) is 2.74. The second-order valence-electron chi connectivity index (χ2n) is 5.03. The van der Waals surface area contributed by atoms with Gasteiger partial charge < -0.3 is 19.5 Å². The minimum absolute atomic E-state index is 0.322. The van der Waals surface area contributed by atoms with Crippen LogP contribution in [0.25, 0.3) is 0 Å². The van der Waals surface area contributed by atoms with E-state index in [0.29, 0.717) is 30.2 Å². The summed E-state index contributed by atoms with van der Waals surface area (Å²) in [6.45, 7) is 4.99. The van der Waals surface area contributed by atoms with E-state index in [1.165, 1.54) is 0 Å². The molecule has 0 aliphatic carbocycles. The van der Waals surface area contributed by atoms with Crippen LogP contribution in [0.3, 0.4) is 0 Å². The predicted octanol–water partition coefficient (Wildman–Crippen LogP) is 2.95. The Hall–Kier alpha value is -1.13. The highest BCUT2D eigenvalue weighted by Gasteiger charge is 2.23. The van der Waals surface area contributed by atoms with Crippen molar-refractivity contribution in [3.8, 4) is 11.5 Å². The van der Waals surface area contributed by atoms with E-state index in [1.807, 2.05) is 12.1 Å². The molecule has 0 spiro atoms. The van der Waals surface area contributed by atoms with Crippen LogP contribution in [0, 0.1) is 5.92 Å². The Morgan fingerprint density at radius 3 is 2.63 bits per heavy atom. The number of ether oxygens (including phenoxy) is 3. The van der Waals surface area contributed by atoms with Gasteiger partial charge in [-0.15, -0.1) is 0 Å². The molecule has 0 aromatic heterocycles. The highest BCUT2D eigenvalue weighted by molar-refractivity contribution is 6.33. The van der Waals surface area contributed by atoms with Gasteiger partial charge in [0.15, 0.2) is 11.5 Å². The number of anilines is 1. The Morgan fingerprint density at radius 2 is 1.95 bits per heavy atom. The normalized spacial score (nSPS) is 23.2. The molecule has 1 N–H and O–H groups in total. The molecule has 1 aromatic carbocycles. The molecule has 0 radical (unpaired) electrons. The van der Waals surface area contributed by atoms with E-state index in [0.717, 1.165) is 36.8 Å². The molecule has 2 aliphatic rings. The average molecular weight is 284 g/mol. The zero-order valence-electron chi connectivity index (χ0n) is 10.9. The van der Waals surface area contributed by atoms with Crippen molar-refractivity contribution in [2.45, 2.75) is 19.4 Å². The standard InChI is InChI=1S/C14H18ClNO3/c1-9(10-2-3-17-8-10)16-12-7-14-13(6-11(12)15)18-4-5-19-14/h6-7,9-10,16H,2-5,8H2,1H3. The molecule has 3 rings (SSSR count). The predicted molar refractivity (Wildman–Crippen MR) is 74.5 cm³/mol. The second-order valence-corrected chi connectivity index (χ2v) is 5.44. The van der Waals surface area contributed by atoms with Crippen molar-refractivity contribution >= 4 is 17.3 Å². The van der Waals surface area contributed by atoms with Crippen LogP contribution in [0.1, 0.15) is 13.3 Å². The molecule has 0 bridgehead atoms. The van der Waals surface area contributed by atoms with Crippen LogP contribution in [0.5, 0.6) is 11.5 Å². The number of hydrogen-bond donors (Lipinski definition) is 1. The van der Waals surface area contributed by atoms with Crippen molar-refractivity contribution < 1.29 is 14.2 Å². The number of nitrogens with one attached hydrogen (secondary N) is 1. The van der Waals surface area contributed by atoms with Gasteiger partial charge in [0.25, 0.3) is 0 Å². The van der Waals surface area contributed by atoms with Gasteiger partial charge in [-0.1, -0.05) is 11.6 Å². The summed E-state index contributed by atoms with van der Waals surface area (Å²) in [5.74, 6) is 2.01. The lowest BCUT2D eigenvalue weighted by atomic mass is 10.0. The topological polar surface area (TPSA) is 39.7 Å². The van der Waals surface area contributed by atoms with E-state index < -0.39 is 0 Å². The van der Waals surface area contributed by atoms with E-state index in [-0.39, 0.29) is 0 Å². The first kappa shape index (κ1) is 12.9. The molecule has 2 atom stereocenters. The van der Waals surface area contributed by atoms with E-state index in [2.05, 4.69) is 12.2 Å². The Morgan fingerprint density at radius 1 is 1.21 bits per heavy atom. The van der Waals surface area contributed by atoms with Crippen LogP contribution in [0.2, 0.25) is 5.02 Å². The molecule has 4 nitrogen and oxygen atoms in total. The summed E-state index contributed by atoms with van der Waals surface area (Å²) < 4.78 is 16.5. The molecule has 2 unspecified atom stereocenters. The van der Waals surface area contributed by atoms with Gasteiger partial charge in [-0.05, 0) is 13.3 Å². The number of fused-ring (bicyclic) bond motifs is 1. The SMILES string of the molecule is CC(Nc1cc2c(cc1Cl)OCCO2)C1CCOC1. The highest BCUT2D eigenvalue weighted by atomic mass is 35.5. The zero-order valence-corrected chi connectivity index (χ0v) is 11.7. The van der Waals surface area contributed by atoms with E-state index >= 15 is 0 Å². The maximum absolute atomic E-state index is 6.28. The number of rotatable bonds is 3. The molecule has 2 heterocycles. The van der Waals surface area contributed by atoms with Gasteiger partial charge in [0.2, 0.25) is 0 Å². The molecule has 1 fully saturated rings. The fraction of sp³-hybridized carbons (Fsp3) is 0.571. The Labute approximate surface area is 118 Å². The molecule has 0 saturated carbocycles. The monoisotopic (exact) mass is 283 g/mol. The summed E-state index contributed by atoms with van der Waals surface area (Å²) in [4.78, 5) is 0. The van der Waals surface area contributed by atoms with Crippen LogP contribution in [0.15, 0.2) is 12.1 Å². The third-order valence-corrected chi connectivity index (χ3v) is 4.00. The summed E-state index contributed by atoms with van der Waals surface area (Å²) in [5, 5.41) is 4.12. The quantitative estimate of drug-likeness (QED) is 0.926. The van der Waals surface area contributed by atoms with Gasteiger partial charge in [-0.3, -0.25) is 0 Å². The van der Waals surface area contributed by atoms with Gasteiger partial charge >= 0.3 is 0 Å². The van der Waals surface area contributed by atoms with Gasteiger partial charge in [-0.2, -0.15) is 0 Å². The zero-order chi connectivity index (χ0) is 13.2. The maximum atomic E-state index is 6.28. The minimum Gasteiger partial charge on any atom is -0.486 e. The summed E-state index contributed by atoms with van der Waals surface area (Å²) >= 11 is 6.28. The lowest BCUT2D eigenvalue weighted by Crippen LogP contribution is -2.26. The van der Waals surface area contributed by atoms with Crippen molar-refractivity contribution in [2.24, 2.45) is 5.92 Å². The molecular formula is C14H18ClNO3. The van der Waals surface area contributed by atoms with E-state index in [1.54, 1.807) is 0 Å². The van der Waals surface area contributed by atoms with Gasteiger partial charge in [0.05, 0.1) is 17.3 Å². The van der Waals surface area contributed by atoms with Crippen LogP contribution in [-0.2, 0) is 4.74 Å². The number of halogens is 1. The lowest BCUT2D eigenvalue weighted by molar-refractivity contribution is 0.171. The van der Waals surface area contributed by atoms with E-state index in [9.17, 15) is 0 Å².